The molecule has 0 fully saturated rings. The molecule has 0 aromatic heterocycles. The van der Waals surface area contributed by atoms with Crippen LogP contribution < -0.4 is 5.32 Å². The molecule has 0 bridgehead atoms. The zero-order valence-electron chi connectivity index (χ0n) is 12.3. The van der Waals surface area contributed by atoms with Crippen molar-refractivity contribution in [2.75, 3.05) is 5.32 Å². The van der Waals surface area contributed by atoms with Crippen LogP contribution in [-0.2, 0) is 11.0 Å². The van der Waals surface area contributed by atoms with Gasteiger partial charge in [0.2, 0.25) is 0 Å². The lowest BCUT2D eigenvalue weighted by Gasteiger charge is -2.08. The Morgan fingerprint density at radius 3 is 2.52 bits per heavy atom. The van der Waals surface area contributed by atoms with E-state index in [2.05, 4.69) is 5.32 Å². The number of phenols is 1. The average Bonchev–Trinajstić information content (AvgIpc) is 2.83. The second-order valence-electron chi connectivity index (χ2n) is 5.28. The maximum absolute atomic E-state index is 12.7. The van der Waals surface area contributed by atoms with Crippen LogP contribution in [0.5, 0.6) is 5.75 Å². The Kier molecular flexibility index (Phi) is 3.71. The highest BCUT2D eigenvalue weighted by atomic mass is 19.4. The fraction of sp³-hybridized carbons (Fsp3) is 0.0625. The molecule has 0 saturated heterocycles. The van der Waals surface area contributed by atoms with Gasteiger partial charge in [-0.05, 0) is 29.8 Å². The van der Waals surface area contributed by atoms with E-state index in [1.807, 2.05) is 0 Å². The number of nitro benzene ring substituents is 1. The van der Waals surface area contributed by atoms with Gasteiger partial charge in [0, 0.05) is 22.9 Å². The number of carbonyl (C=O) groups excluding carboxylic acids is 1. The van der Waals surface area contributed by atoms with Crippen molar-refractivity contribution < 1.29 is 28.0 Å². The minimum Gasteiger partial charge on any atom is -0.502 e. The van der Waals surface area contributed by atoms with Crippen LogP contribution in [0, 0.1) is 10.1 Å². The topological polar surface area (TPSA) is 92.5 Å². The number of fused-ring (bicyclic) bond motifs is 1. The van der Waals surface area contributed by atoms with E-state index in [1.165, 1.54) is 12.1 Å². The number of phenolic OH excluding ortho intramolecular Hbond substituents is 1. The van der Waals surface area contributed by atoms with Crippen LogP contribution in [0.25, 0.3) is 11.6 Å². The van der Waals surface area contributed by atoms with Crippen LogP contribution in [0.2, 0.25) is 0 Å². The Balaban J connectivity index is 2.06. The summed E-state index contributed by atoms with van der Waals surface area (Å²) < 4.78 is 38.2. The van der Waals surface area contributed by atoms with Gasteiger partial charge in [-0.2, -0.15) is 13.2 Å². The lowest BCUT2D eigenvalue weighted by molar-refractivity contribution is -0.385. The van der Waals surface area contributed by atoms with Crippen molar-refractivity contribution in [2.45, 2.75) is 6.18 Å². The maximum atomic E-state index is 12.7. The summed E-state index contributed by atoms with van der Waals surface area (Å²) in [6.07, 6.45) is -3.23. The molecule has 0 atom stereocenters. The highest BCUT2D eigenvalue weighted by Crippen LogP contribution is 2.38. The van der Waals surface area contributed by atoms with Gasteiger partial charge in [0.05, 0.1) is 10.5 Å². The fourth-order valence-electron chi connectivity index (χ4n) is 2.46. The number of anilines is 1. The number of amides is 1. The summed E-state index contributed by atoms with van der Waals surface area (Å²) in [5, 5.41) is 22.6. The third-order valence-corrected chi connectivity index (χ3v) is 3.64. The molecular weight excluding hydrogens is 341 g/mol. The molecule has 0 spiro atoms. The number of carbonyl (C=O) groups is 1. The standard InChI is InChI=1S/C16H9F3N2O4/c17-16(18,19)9-2-3-10-11(15(23)20-12(10)7-9)5-8-1-4-14(22)13(6-8)21(24)25/h1-7,22H,(H,20,23)/b11-5-. The van der Waals surface area contributed by atoms with E-state index < -0.39 is 34.0 Å². The SMILES string of the molecule is O=C1Nc2cc(C(F)(F)F)ccc2/C1=C/c1ccc(O)c([N+](=O)[O-])c1. The number of nitro groups is 1. The number of nitrogens with zero attached hydrogens (tertiary/aromatic N) is 1. The number of benzene rings is 2. The third-order valence-electron chi connectivity index (χ3n) is 3.64. The van der Waals surface area contributed by atoms with Crippen molar-refractivity contribution in [2.24, 2.45) is 0 Å². The molecule has 128 valence electrons. The van der Waals surface area contributed by atoms with Crippen molar-refractivity contribution in [3.05, 3.63) is 63.2 Å². The largest absolute Gasteiger partial charge is 0.502 e. The Hall–Kier alpha value is -3.36. The average molecular weight is 350 g/mol. The summed E-state index contributed by atoms with van der Waals surface area (Å²) in [5.74, 6) is -1.15. The second kappa shape index (κ2) is 5.62. The molecule has 0 saturated carbocycles. The molecular formula is C16H9F3N2O4. The van der Waals surface area contributed by atoms with Crippen LogP contribution in [0.15, 0.2) is 36.4 Å². The number of nitrogens with one attached hydrogen (secondary N) is 1. The molecule has 9 heteroatoms. The Bertz CT molecular complexity index is 935. The van der Waals surface area contributed by atoms with Crippen molar-refractivity contribution in [1.82, 2.24) is 0 Å². The predicted octanol–water partition coefficient (Wildman–Crippen LogP) is 3.81. The maximum Gasteiger partial charge on any atom is 0.416 e. The molecule has 0 unspecified atom stereocenters. The van der Waals surface area contributed by atoms with E-state index >= 15 is 0 Å². The molecule has 2 N–H and O–H groups in total. The first kappa shape index (κ1) is 16.5. The summed E-state index contributed by atoms with van der Waals surface area (Å²) in [4.78, 5) is 22.1. The number of halogens is 3. The number of aromatic hydroxyl groups is 1. The molecule has 1 amide bonds. The second-order valence-corrected chi connectivity index (χ2v) is 5.28. The summed E-state index contributed by atoms with van der Waals surface area (Å²) in [7, 11) is 0. The zero-order valence-corrected chi connectivity index (χ0v) is 12.3. The number of hydrogen-bond acceptors (Lipinski definition) is 4. The van der Waals surface area contributed by atoms with Crippen molar-refractivity contribution in [3.8, 4) is 5.75 Å². The van der Waals surface area contributed by atoms with Crippen LogP contribution in [0.4, 0.5) is 24.5 Å². The normalized spacial score (nSPS) is 15.2. The lowest BCUT2D eigenvalue weighted by Crippen LogP contribution is -2.06. The molecule has 2 aromatic rings. The van der Waals surface area contributed by atoms with E-state index in [9.17, 15) is 33.2 Å². The van der Waals surface area contributed by atoms with Gasteiger partial charge in [-0.25, -0.2) is 0 Å². The van der Waals surface area contributed by atoms with Crippen LogP contribution in [0.1, 0.15) is 16.7 Å². The Morgan fingerprint density at radius 1 is 1.16 bits per heavy atom. The summed E-state index contributed by atoms with van der Waals surface area (Å²) in [5.41, 5.74) is -0.840. The smallest absolute Gasteiger partial charge is 0.416 e. The van der Waals surface area contributed by atoms with Gasteiger partial charge in [0.15, 0.2) is 5.75 Å². The summed E-state index contributed by atoms with van der Waals surface area (Å²) in [6.45, 7) is 0. The summed E-state index contributed by atoms with van der Waals surface area (Å²) in [6, 6.07) is 6.36. The van der Waals surface area contributed by atoms with Gasteiger partial charge >= 0.3 is 11.9 Å². The zero-order chi connectivity index (χ0) is 18.4. The van der Waals surface area contributed by atoms with Gasteiger partial charge in [0.25, 0.3) is 5.91 Å². The lowest BCUT2D eigenvalue weighted by atomic mass is 10.0. The quantitative estimate of drug-likeness (QED) is 0.489. The van der Waals surface area contributed by atoms with Crippen LogP contribution in [0.3, 0.4) is 0 Å². The molecule has 1 aliphatic rings. The third kappa shape index (κ3) is 3.03. The minimum atomic E-state index is -4.54. The van der Waals surface area contributed by atoms with E-state index in [-0.39, 0.29) is 22.4 Å². The molecule has 1 aliphatic heterocycles. The first-order chi connectivity index (χ1) is 11.7. The number of rotatable bonds is 2. The molecule has 1 heterocycles. The van der Waals surface area contributed by atoms with Gasteiger partial charge in [0.1, 0.15) is 0 Å². The molecule has 2 aromatic carbocycles. The van der Waals surface area contributed by atoms with Crippen LogP contribution in [-0.4, -0.2) is 15.9 Å². The van der Waals surface area contributed by atoms with E-state index in [0.29, 0.717) is 0 Å². The van der Waals surface area contributed by atoms with Gasteiger partial charge in [-0.15, -0.1) is 0 Å². The van der Waals surface area contributed by atoms with Crippen molar-refractivity contribution in [3.63, 3.8) is 0 Å². The number of hydrogen-bond donors (Lipinski definition) is 2. The molecule has 0 aliphatic carbocycles. The van der Waals surface area contributed by atoms with E-state index in [1.54, 1.807) is 0 Å². The summed E-state index contributed by atoms with van der Waals surface area (Å²) >= 11 is 0. The predicted molar refractivity (Wildman–Crippen MR) is 82.7 cm³/mol. The Morgan fingerprint density at radius 2 is 1.88 bits per heavy atom. The van der Waals surface area contributed by atoms with Crippen molar-refractivity contribution in [1.29, 1.82) is 0 Å². The molecule has 0 radical (unpaired) electrons. The van der Waals surface area contributed by atoms with Crippen molar-refractivity contribution >= 4 is 28.9 Å². The minimum absolute atomic E-state index is 0.0133. The fourth-order valence-corrected chi connectivity index (χ4v) is 2.46. The van der Waals surface area contributed by atoms with Gasteiger partial charge < -0.3 is 10.4 Å². The highest BCUT2D eigenvalue weighted by molar-refractivity contribution is 6.34. The number of alkyl halides is 3. The van der Waals surface area contributed by atoms with Gasteiger partial charge in [-0.3, -0.25) is 14.9 Å². The monoisotopic (exact) mass is 350 g/mol. The first-order valence-electron chi connectivity index (χ1n) is 6.89. The first-order valence-corrected chi connectivity index (χ1v) is 6.89. The van der Waals surface area contributed by atoms with E-state index in [4.69, 9.17) is 0 Å². The van der Waals surface area contributed by atoms with E-state index in [0.717, 1.165) is 30.3 Å². The highest BCUT2D eigenvalue weighted by Gasteiger charge is 2.33. The molecule has 25 heavy (non-hydrogen) atoms. The van der Waals surface area contributed by atoms with Gasteiger partial charge in [-0.1, -0.05) is 12.1 Å². The van der Waals surface area contributed by atoms with Crippen LogP contribution >= 0.6 is 0 Å². The Labute approximate surface area is 138 Å². The molecule has 3 rings (SSSR count). The molecule has 6 nitrogen and oxygen atoms in total.